The van der Waals surface area contributed by atoms with Gasteiger partial charge in [0.2, 0.25) is 0 Å². The van der Waals surface area contributed by atoms with Gasteiger partial charge in [0.15, 0.2) is 0 Å². The van der Waals surface area contributed by atoms with Crippen LogP contribution in [0.4, 0.5) is 0 Å². The molecule has 2 nitrogen and oxygen atoms in total. The van der Waals surface area contributed by atoms with Gasteiger partial charge in [-0.1, -0.05) is 6.07 Å². The molecule has 0 radical (unpaired) electrons. The van der Waals surface area contributed by atoms with Gasteiger partial charge < -0.3 is 10.4 Å². The fourth-order valence-corrected chi connectivity index (χ4v) is 3.02. The van der Waals surface area contributed by atoms with Crippen LogP contribution in [-0.2, 0) is 12.8 Å². The van der Waals surface area contributed by atoms with Gasteiger partial charge in [0.05, 0.1) is 0 Å². The Kier molecular flexibility index (Phi) is 2.17. The lowest BCUT2D eigenvalue weighted by molar-refractivity contribution is 0.263. The smallest absolute Gasteiger partial charge is 0.115 e. The molecule has 2 N–H and O–H groups in total. The van der Waals surface area contributed by atoms with Crippen LogP contribution in [0.15, 0.2) is 18.2 Å². The van der Waals surface area contributed by atoms with E-state index in [1.54, 1.807) is 0 Å². The number of phenols is 1. The standard InChI is InChI=1S/C13H17NO/c15-12-4-3-9-6-10-2-1-5-14-13(10)8-11(9)7-12/h3-4,7,10,13-15H,1-2,5-6,8H2/t10-,13-/m1/s1. The van der Waals surface area contributed by atoms with Gasteiger partial charge in [0.25, 0.3) is 0 Å². The Morgan fingerprint density at radius 2 is 2.13 bits per heavy atom. The number of phenolic OH excluding ortho intramolecular Hbond substituents is 1. The summed E-state index contributed by atoms with van der Waals surface area (Å²) in [7, 11) is 0. The summed E-state index contributed by atoms with van der Waals surface area (Å²) < 4.78 is 0. The average Bonchev–Trinajstić information content (AvgIpc) is 2.26. The molecule has 1 aliphatic carbocycles. The summed E-state index contributed by atoms with van der Waals surface area (Å²) in [5.74, 6) is 1.22. The van der Waals surface area contributed by atoms with Crippen LogP contribution in [0.1, 0.15) is 24.0 Å². The first kappa shape index (κ1) is 9.22. The molecule has 2 aliphatic rings. The van der Waals surface area contributed by atoms with Crippen LogP contribution in [0.2, 0.25) is 0 Å². The zero-order valence-corrected chi connectivity index (χ0v) is 8.87. The van der Waals surface area contributed by atoms with E-state index < -0.39 is 0 Å². The van der Waals surface area contributed by atoms with Gasteiger partial charge in [-0.25, -0.2) is 0 Å². The molecule has 1 saturated heterocycles. The Hall–Kier alpha value is -1.02. The van der Waals surface area contributed by atoms with Crippen molar-refractivity contribution in [2.45, 2.75) is 31.7 Å². The highest BCUT2D eigenvalue weighted by atomic mass is 16.3. The van der Waals surface area contributed by atoms with Crippen LogP contribution < -0.4 is 5.32 Å². The molecule has 1 aliphatic heterocycles. The second kappa shape index (κ2) is 3.53. The van der Waals surface area contributed by atoms with Crippen molar-refractivity contribution >= 4 is 0 Å². The van der Waals surface area contributed by atoms with Gasteiger partial charge in [-0.05, 0) is 61.4 Å². The highest BCUT2D eigenvalue weighted by Gasteiger charge is 2.30. The fraction of sp³-hybridized carbons (Fsp3) is 0.538. The third kappa shape index (κ3) is 1.63. The minimum absolute atomic E-state index is 0.406. The molecule has 0 bridgehead atoms. The van der Waals surface area contributed by atoms with Crippen LogP contribution in [0.25, 0.3) is 0 Å². The second-order valence-corrected chi connectivity index (χ2v) is 4.82. The zero-order valence-electron chi connectivity index (χ0n) is 8.87. The van der Waals surface area contributed by atoms with Crippen molar-refractivity contribution in [2.24, 2.45) is 5.92 Å². The molecule has 15 heavy (non-hydrogen) atoms. The Morgan fingerprint density at radius 3 is 3.07 bits per heavy atom. The van der Waals surface area contributed by atoms with Crippen molar-refractivity contribution in [1.29, 1.82) is 0 Å². The zero-order chi connectivity index (χ0) is 10.3. The third-order valence-electron chi connectivity index (χ3n) is 3.84. The summed E-state index contributed by atoms with van der Waals surface area (Å²) in [6.45, 7) is 1.16. The lowest BCUT2D eigenvalue weighted by atomic mass is 9.76. The maximum Gasteiger partial charge on any atom is 0.115 e. The van der Waals surface area contributed by atoms with E-state index in [9.17, 15) is 5.11 Å². The van der Waals surface area contributed by atoms with Crippen molar-refractivity contribution < 1.29 is 5.11 Å². The lowest BCUT2D eigenvalue weighted by Gasteiger charge is -2.37. The summed E-state index contributed by atoms with van der Waals surface area (Å²) >= 11 is 0. The number of hydrogen-bond donors (Lipinski definition) is 2. The molecule has 2 heteroatoms. The minimum atomic E-state index is 0.406. The SMILES string of the molecule is Oc1ccc2c(c1)C[C@H]1NCCC[C@@H]1C2. The van der Waals surface area contributed by atoms with Crippen molar-refractivity contribution in [2.75, 3.05) is 6.54 Å². The van der Waals surface area contributed by atoms with Gasteiger partial charge in [-0.2, -0.15) is 0 Å². The number of fused-ring (bicyclic) bond motifs is 2. The monoisotopic (exact) mass is 203 g/mol. The summed E-state index contributed by atoms with van der Waals surface area (Å²) in [4.78, 5) is 0. The summed E-state index contributed by atoms with van der Waals surface area (Å²) in [6, 6.07) is 6.49. The van der Waals surface area contributed by atoms with Gasteiger partial charge in [0, 0.05) is 6.04 Å². The van der Waals surface area contributed by atoms with Crippen LogP contribution >= 0.6 is 0 Å². The minimum Gasteiger partial charge on any atom is -0.508 e. The first-order valence-corrected chi connectivity index (χ1v) is 5.87. The molecule has 0 aromatic heterocycles. The maximum atomic E-state index is 9.46. The van der Waals surface area contributed by atoms with E-state index in [-0.39, 0.29) is 0 Å². The number of piperidine rings is 1. The largest absolute Gasteiger partial charge is 0.508 e. The molecule has 2 atom stereocenters. The van der Waals surface area contributed by atoms with Crippen molar-refractivity contribution in [3.05, 3.63) is 29.3 Å². The first-order valence-electron chi connectivity index (χ1n) is 5.87. The predicted molar refractivity (Wildman–Crippen MR) is 60.0 cm³/mol. The van der Waals surface area contributed by atoms with Crippen LogP contribution in [0.5, 0.6) is 5.75 Å². The number of nitrogens with one attached hydrogen (secondary N) is 1. The van der Waals surface area contributed by atoms with E-state index in [1.807, 2.05) is 12.1 Å². The number of rotatable bonds is 0. The molecular formula is C13H17NO. The molecule has 3 rings (SSSR count). The molecule has 1 aromatic rings. The van der Waals surface area contributed by atoms with Gasteiger partial charge in [0.1, 0.15) is 5.75 Å². The fourth-order valence-electron chi connectivity index (χ4n) is 3.02. The van der Waals surface area contributed by atoms with E-state index >= 15 is 0 Å². The highest BCUT2D eigenvalue weighted by Crippen LogP contribution is 2.32. The number of hydrogen-bond acceptors (Lipinski definition) is 2. The van der Waals surface area contributed by atoms with Gasteiger partial charge >= 0.3 is 0 Å². The maximum absolute atomic E-state index is 9.46. The van der Waals surface area contributed by atoms with E-state index in [1.165, 1.54) is 30.4 Å². The number of aromatic hydroxyl groups is 1. The van der Waals surface area contributed by atoms with E-state index in [2.05, 4.69) is 11.4 Å². The summed E-state index contributed by atoms with van der Waals surface area (Å²) in [5, 5.41) is 13.1. The van der Waals surface area contributed by atoms with E-state index in [0.29, 0.717) is 11.8 Å². The Morgan fingerprint density at radius 1 is 1.20 bits per heavy atom. The molecule has 1 heterocycles. The Bertz CT molecular complexity index is 375. The van der Waals surface area contributed by atoms with Crippen molar-refractivity contribution in [1.82, 2.24) is 5.32 Å². The average molecular weight is 203 g/mol. The van der Waals surface area contributed by atoms with Gasteiger partial charge in [-0.3, -0.25) is 0 Å². The third-order valence-corrected chi connectivity index (χ3v) is 3.84. The normalized spacial score (nSPS) is 29.3. The van der Waals surface area contributed by atoms with Crippen molar-refractivity contribution in [3.8, 4) is 5.75 Å². The Labute approximate surface area is 90.3 Å². The topological polar surface area (TPSA) is 32.3 Å². The van der Waals surface area contributed by atoms with Crippen LogP contribution in [0, 0.1) is 5.92 Å². The highest BCUT2D eigenvalue weighted by molar-refractivity contribution is 5.37. The molecule has 0 saturated carbocycles. The van der Waals surface area contributed by atoms with Crippen LogP contribution in [0.3, 0.4) is 0 Å². The van der Waals surface area contributed by atoms with Crippen LogP contribution in [-0.4, -0.2) is 17.7 Å². The molecule has 1 fully saturated rings. The van der Waals surface area contributed by atoms with Crippen molar-refractivity contribution in [3.63, 3.8) is 0 Å². The van der Waals surface area contributed by atoms with E-state index in [0.717, 1.165) is 18.9 Å². The molecular weight excluding hydrogens is 186 g/mol. The van der Waals surface area contributed by atoms with E-state index in [4.69, 9.17) is 0 Å². The molecule has 1 aromatic carbocycles. The lowest BCUT2D eigenvalue weighted by Crippen LogP contribution is -2.45. The molecule has 0 amide bonds. The molecule has 0 spiro atoms. The predicted octanol–water partition coefficient (Wildman–Crippen LogP) is 1.86. The molecule has 80 valence electrons. The summed E-state index contributed by atoms with van der Waals surface area (Å²) in [5.41, 5.74) is 2.78. The Balaban J connectivity index is 1.92. The summed E-state index contributed by atoms with van der Waals surface area (Å²) in [6.07, 6.45) is 4.95. The molecule has 0 unspecified atom stereocenters. The second-order valence-electron chi connectivity index (χ2n) is 4.82. The van der Waals surface area contributed by atoms with Gasteiger partial charge in [-0.15, -0.1) is 0 Å². The quantitative estimate of drug-likeness (QED) is 0.674. The number of benzene rings is 1. The first-order chi connectivity index (χ1) is 7.33.